The van der Waals surface area contributed by atoms with Crippen molar-refractivity contribution in [3.63, 3.8) is 0 Å². The predicted octanol–water partition coefficient (Wildman–Crippen LogP) is 6.34. The van der Waals surface area contributed by atoms with Gasteiger partial charge in [-0.15, -0.1) is 0 Å². The zero-order valence-corrected chi connectivity index (χ0v) is 26.6. The van der Waals surface area contributed by atoms with Crippen LogP contribution in [0, 0.1) is 0 Å². The van der Waals surface area contributed by atoms with Crippen molar-refractivity contribution < 1.29 is 32.2 Å². The first kappa shape index (κ1) is 33.8. The van der Waals surface area contributed by atoms with Crippen molar-refractivity contribution >= 4 is 35.1 Å². The van der Waals surface area contributed by atoms with Gasteiger partial charge in [0.1, 0.15) is 17.1 Å². The van der Waals surface area contributed by atoms with E-state index in [1.54, 1.807) is 26.2 Å². The minimum atomic E-state index is -4.86. The molecule has 14 heteroatoms. The average molecular weight is 649 g/mol. The van der Waals surface area contributed by atoms with Crippen LogP contribution in [0.2, 0.25) is 5.02 Å². The highest BCUT2D eigenvalue weighted by atomic mass is 35.5. The summed E-state index contributed by atoms with van der Waals surface area (Å²) in [7, 11) is 6.48. The Morgan fingerprint density at radius 3 is 2.42 bits per heavy atom. The van der Waals surface area contributed by atoms with E-state index in [2.05, 4.69) is 25.5 Å². The Kier molecular flexibility index (Phi) is 10.4. The van der Waals surface area contributed by atoms with E-state index in [1.807, 2.05) is 20.9 Å². The highest BCUT2D eigenvalue weighted by molar-refractivity contribution is 6.34. The second kappa shape index (κ2) is 13.9. The maximum absolute atomic E-state index is 14.1. The zero-order valence-electron chi connectivity index (χ0n) is 25.9. The van der Waals surface area contributed by atoms with Gasteiger partial charge in [-0.25, -0.2) is 4.98 Å². The Morgan fingerprint density at radius 1 is 1.13 bits per heavy atom. The predicted molar refractivity (Wildman–Crippen MR) is 165 cm³/mol. The van der Waals surface area contributed by atoms with Gasteiger partial charge in [0.05, 0.1) is 28.9 Å². The number of likely N-dealkylation sites (tertiary alicyclic amines) is 1. The lowest BCUT2D eigenvalue weighted by Gasteiger charge is -2.29. The number of anilines is 2. The Bertz CT molecular complexity index is 1560. The van der Waals surface area contributed by atoms with Gasteiger partial charge in [-0.2, -0.15) is 18.2 Å². The molecule has 2 N–H and O–H groups in total. The van der Waals surface area contributed by atoms with Crippen LogP contribution < -0.4 is 20.1 Å². The molecule has 1 aromatic heterocycles. The molecule has 2 heterocycles. The number of piperidine rings is 1. The molecule has 45 heavy (non-hydrogen) atoms. The molecule has 1 aliphatic rings. The molecule has 0 atom stereocenters. The lowest BCUT2D eigenvalue weighted by atomic mass is 9.95. The molecule has 242 valence electrons. The molecule has 0 bridgehead atoms. The topological polar surface area (TPSA) is 109 Å². The fourth-order valence-corrected chi connectivity index (χ4v) is 5.15. The summed E-state index contributed by atoms with van der Waals surface area (Å²) in [6, 6.07) is 7.58. The molecule has 0 spiro atoms. The Morgan fingerprint density at radius 2 is 1.82 bits per heavy atom. The van der Waals surface area contributed by atoms with Gasteiger partial charge in [0.25, 0.3) is 11.8 Å². The van der Waals surface area contributed by atoms with Gasteiger partial charge in [-0.1, -0.05) is 37.6 Å². The summed E-state index contributed by atoms with van der Waals surface area (Å²) >= 11 is 6.48. The van der Waals surface area contributed by atoms with Gasteiger partial charge < -0.3 is 29.9 Å². The summed E-state index contributed by atoms with van der Waals surface area (Å²) in [6.07, 6.45) is -2.67. The minimum Gasteiger partial charge on any atom is -0.495 e. The summed E-state index contributed by atoms with van der Waals surface area (Å²) in [5.74, 6) is -1.91. The van der Waals surface area contributed by atoms with Gasteiger partial charge in [-0.3, -0.25) is 9.59 Å². The van der Waals surface area contributed by atoms with Crippen molar-refractivity contribution in [1.82, 2.24) is 25.1 Å². The van der Waals surface area contributed by atoms with Crippen LogP contribution in [-0.4, -0.2) is 79.0 Å². The van der Waals surface area contributed by atoms with E-state index in [0.29, 0.717) is 11.8 Å². The van der Waals surface area contributed by atoms with Crippen molar-refractivity contribution in [3.8, 4) is 17.4 Å². The summed E-state index contributed by atoms with van der Waals surface area (Å²) in [5, 5.41) is 5.90. The number of hydrogen-bond acceptors (Lipinski definition) is 8. The third-order valence-electron chi connectivity index (χ3n) is 7.40. The number of aromatic nitrogens is 2. The lowest BCUT2D eigenvalue weighted by Crippen LogP contribution is -2.43. The molecule has 10 nitrogen and oxygen atoms in total. The number of halogens is 4. The first-order chi connectivity index (χ1) is 21.2. The number of benzene rings is 2. The fraction of sp³-hybridized carbons (Fsp3) is 0.419. The number of carbonyl (C=O) groups is 2. The molecule has 0 saturated carbocycles. The molecule has 0 unspecified atom stereocenters. The third kappa shape index (κ3) is 7.95. The summed E-state index contributed by atoms with van der Waals surface area (Å²) in [6.45, 7) is 5.45. The third-order valence-corrected chi connectivity index (χ3v) is 7.71. The minimum absolute atomic E-state index is 0.00213. The molecular formula is C31H36ClF3N6O4. The number of nitrogens with zero attached hydrogens (tertiary/aromatic N) is 4. The van der Waals surface area contributed by atoms with Crippen molar-refractivity contribution in [2.75, 3.05) is 46.7 Å². The Labute approximate surface area is 264 Å². The number of nitrogens with one attached hydrogen (secondary N) is 2. The van der Waals surface area contributed by atoms with Crippen molar-refractivity contribution in [2.45, 2.75) is 44.8 Å². The highest BCUT2D eigenvalue weighted by Crippen LogP contribution is 2.40. The van der Waals surface area contributed by atoms with E-state index >= 15 is 0 Å². The van der Waals surface area contributed by atoms with Gasteiger partial charge in [-0.05, 0) is 62.7 Å². The lowest BCUT2D eigenvalue weighted by molar-refractivity contribution is -0.139. The van der Waals surface area contributed by atoms with Gasteiger partial charge >= 0.3 is 6.18 Å². The SMILES string of the molecule is COc1cc(C(=O)NC2CCN(C)CC2)c(Cl)cc1Nc1ncc(C(F)(F)F)c(Oc2cccc(C(C)C)c2C(=O)N(C)C)n1. The second-order valence-electron chi connectivity index (χ2n) is 11.3. The van der Waals surface area contributed by atoms with E-state index < -0.39 is 23.5 Å². The first-order valence-electron chi connectivity index (χ1n) is 14.3. The monoisotopic (exact) mass is 648 g/mol. The van der Waals surface area contributed by atoms with E-state index in [1.165, 1.54) is 30.2 Å². The first-order valence-corrected chi connectivity index (χ1v) is 14.7. The largest absolute Gasteiger partial charge is 0.495 e. The molecule has 2 amide bonds. The van der Waals surface area contributed by atoms with Crippen molar-refractivity contribution in [3.05, 3.63) is 63.8 Å². The van der Waals surface area contributed by atoms with E-state index in [9.17, 15) is 22.8 Å². The highest BCUT2D eigenvalue weighted by Gasteiger charge is 2.37. The maximum atomic E-state index is 14.1. The molecule has 1 fully saturated rings. The molecule has 1 saturated heterocycles. The summed E-state index contributed by atoms with van der Waals surface area (Å²) in [5.41, 5.74) is -0.127. The molecule has 0 aliphatic carbocycles. The standard InChI is InChI=1S/C31H36ClF3N6O4/c1-17(2)19-8-7-9-24(26(19)29(43)40(3)4)45-28-21(31(33,34)35)16-36-30(39-28)38-23-15-22(32)20(14-25(23)44-6)27(42)37-18-10-12-41(5)13-11-18/h7-9,14-18H,10-13H2,1-6H3,(H,37,42)(H,36,38,39). The number of rotatable bonds is 9. The molecule has 4 rings (SSSR count). The van der Waals surface area contributed by atoms with Crippen LogP contribution in [0.1, 0.15) is 64.4 Å². The van der Waals surface area contributed by atoms with Crippen molar-refractivity contribution in [1.29, 1.82) is 0 Å². The molecular weight excluding hydrogens is 613 g/mol. The molecule has 3 aromatic rings. The van der Waals surface area contributed by atoms with Crippen LogP contribution in [-0.2, 0) is 6.18 Å². The van der Waals surface area contributed by atoms with Crippen LogP contribution in [0.5, 0.6) is 17.4 Å². The molecule has 2 aromatic carbocycles. The van der Waals surface area contributed by atoms with Crippen LogP contribution >= 0.6 is 11.6 Å². The second-order valence-corrected chi connectivity index (χ2v) is 11.7. The van der Waals surface area contributed by atoms with E-state index in [-0.39, 0.29) is 57.2 Å². The van der Waals surface area contributed by atoms with Gasteiger partial charge in [0.2, 0.25) is 11.8 Å². The van der Waals surface area contributed by atoms with Gasteiger partial charge in [0.15, 0.2) is 0 Å². The number of alkyl halides is 3. The quantitative estimate of drug-likeness (QED) is 0.277. The number of methoxy groups -OCH3 is 1. The van der Waals surface area contributed by atoms with Crippen LogP contribution in [0.15, 0.2) is 36.5 Å². The Balaban J connectivity index is 1.68. The van der Waals surface area contributed by atoms with Crippen LogP contribution in [0.4, 0.5) is 24.8 Å². The maximum Gasteiger partial charge on any atom is 0.423 e. The average Bonchev–Trinajstić information content (AvgIpc) is 2.97. The zero-order chi connectivity index (χ0) is 33.1. The number of amides is 2. The number of hydrogen-bond donors (Lipinski definition) is 2. The van der Waals surface area contributed by atoms with Crippen LogP contribution in [0.3, 0.4) is 0 Å². The van der Waals surface area contributed by atoms with Crippen molar-refractivity contribution in [2.24, 2.45) is 0 Å². The molecule has 0 radical (unpaired) electrons. The summed E-state index contributed by atoms with van der Waals surface area (Å²) < 4.78 is 53.4. The fourth-order valence-electron chi connectivity index (χ4n) is 4.90. The Hall–Kier alpha value is -4.10. The smallest absolute Gasteiger partial charge is 0.423 e. The number of carbonyl (C=O) groups excluding carboxylic acids is 2. The number of ether oxygens (including phenoxy) is 2. The van der Waals surface area contributed by atoms with Crippen LogP contribution in [0.25, 0.3) is 0 Å². The van der Waals surface area contributed by atoms with E-state index in [4.69, 9.17) is 21.1 Å². The van der Waals surface area contributed by atoms with Gasteiger partial charge in [0, 0.05) is 26.3 Å². The summed E-state index contributed by atoms with van der Waals surface area (Å²) in [4.78, 5) is 37.5. The van der Waals surface area contributed by atoms with E-state index in [0.717, 1.165) is 25.9 Å². The molecule has 1 aliphatic heterocycles. The normalized spacial score (nSPS) is 14.3.